The number of fused-ring (bicyclic) bond motifs is 2. The SMILES string of the molecule is Cc1cc(C2NNC3CC4NC(=O)N(Cc5cccc(C(F)(F)F)c5)CC4CC32)ccn1. The quantitative estimate of drug-likeness (QED) is 0.676. The highest BCUT2D eigenvalue weighted by molar-refractivity contribution is 5.75. The van der Waals surface area contributed by atoms with Crippen LogP contribution in [-0.4, -0.2) is 34.5 Å². The van der Waals surface area contributed by atoms with Crippen LogP contribution in [0.25, 0.3) is 0 Å². The van der Waals surface area contributed by atoms with E-state index in [-0.39, 0.29) is 36.6 Å². The predicted octanol–water partition coefficient (Wildman–Crippen LogP) is 3.55. The molecule has 32 heavy (non-hydrogen) atoms. The summed E-state index contributed by atoms with van der Waals surface area (Å²) in [5.74, 6) is 0.607. The number of nitrogens with one attached hydrogen (secondary N) is 3. The number of rotatable bonds is 3. The number of hydrogen-bond donors (Lipinski definition) is 3. The molecule has 1 aliphatic carbocycles. The van der Waals surface area contributed by atoms with E-state index in [4.69, 9.17) is 0 Å². The van der Waals surface area contributed by atoms with E-state index in [2.05, 4.69) is 27.2 Å². The molecule has 2 amide bonds. The number of aromatic nitrogens is 1. The third kappa shape index (κ3) is 4.06. The smallest absolute Gasteiger partial charge is 0.335 e. The Kier molecular flexibility index (Phi) is 5.33. The fourth-order valence-corrected chi connectivity index (χ4v) is 5.45. The molecule has 5 unspecified atom stereocenters. The summed E-state index contributed by atoms with van der Waals surface area (Å²) in [4.78, 5) is 18.6. The Bertz CT molecular complexity index is 1010. The van der Waals surface area contributed by atoms with Crippen LogP contribution < -0.4 is 16.2 Å². The monoisotopic (exact) mass is 445 g/mol. The van der Waals surface area contributed by atoms with Crippen molar-refractivity contribution in [3.8, 4) is 0 Å². The van der Waals surface area contributed by atoms with E-state index in [9.17, 15) is 18.0 Å². The van der Waals surface area contributed by atoms with E-state index in [1.54, 1.807) is 11.0 Å². The Balaban J connectivity index is 1.30. The number of amides is 2. The molecule has 3 N–H and O–H groups in total. The van der Waals surface area contributed by atoms with Crippen molar-refractivity contribution in [1.29, 1.82) is 0 Å². The highest BCUT2D eigenvalue weighted by Crippen LogP contribution is 2.42. The summed E-state index contributed by atoms with van der Waals surface area (Å²) in [5, 5.41) is 3.10. The van der Waals surface area contributed by atoms with Gasteiger partial charge in [0.25, 0.3) is 0 Å². The number of alkyl halides is 3. The van der Waals surface area contributed by atoms with Crippen molar-refractivity contribution >= 4 is 6.03 Å². The van der Waals surface area contributed by atoms with Gasteiger partial charge in [-0.2, -0.15) is 13.2 Å². The van der Waals surface area contributed by atoms with Gasteiger partial charge in [-0.3, -0.25) is 10.4 Å². The number of nitrogens with zero attached hydrogens (tertiary/aromatic N) is 2. The van der Waals surface area contributed by atoms with Crippen molar-refractivity contribution in [2.24, 2.45) is 11.8 Å². The maximum Gasteiger partial charge on any atom is 0.416 e. The highest BCUT2D eigenvalue weighted by Gasteiger charge is 2.47. The van der Waals surface area contributed by atoms with E-state index in [0.29, 0.717) is 18.0 Å². The zero-order chi connectivity index (χ0) is 22.5. The average molecular weight is 445 g/mol. The van der Waals surface area contributed by atoms with Crippen LogP contribution in [0, 0.1) is 18.8 Å². The van der Waals surface area contributed by atoms with Crippen LogP contribution in [0.3, 0.4) is 0 Å². The van der Waals surface area contributed by atoms with Gasteiger partial charge in [-0.15, -0.1) is 0 Å². The second kappa shape index (κ2) is 8.04. The minimum absolute atomic E-state index is 0.0636. The van der Waals surface area contributed by atoms with Crippen LogP contribution in [0.15, 0.2) is 42.6 Å². The fourth-order valence-electron chi connectivity index (χ4n) is 5.45. The Hall–Kier alpha value is -2.65. The lowest BCUT2D eigenvalue weighted by Gasteiger charge is -2.45. The molecule has 170 valence electrons. The lowest BCUT2D eigenvalue weighted by atomic mass is 9.71. The summed E-state index contributed by atoms with van der Waals surface area (Å²) in [6.07, 6.45) is -0.831. The van der Waals surface area contributed by atoms with Gasteiger partial charge in [0.15, 0.2) is 0 Å². The molecule has 6 nitrogen and oxygen atoms in total. The average Bonchev–Trinajstić information content (AvgIpc) is 3.15. The molecule has 3 heterocycles. The molecule has 1 aromatic heterocycles. The highest BCUT2D eigenvalue weighted by atomic mass is 19.4. The van der Waals surface area contributed by atoms with Crippen molar-refractivity contribution < 1.29 is 18.0 Å². The van der Waals surface area contributed by atoms with Crippen molar-refractivity contribution in [3.05, 3.63) is 65.0 Å². The molecule has 1 saturated carbocycles. The van der Waals surface area contributed by atoms with Crippen LogP contribution in [0.4, 0.5) is 18.0 Å². The molecule has 0 bridgehead atoms. The van der Waals surface area contributed by atoms with Gasteiger partial charge in [0.1, 0.15) is 0 Å². The van der Waals surface area contributed by atoms with Crippen LogP contribution in [0.5, 0.6) is 0 Å². The molecule has 2 saturated heterocycles. The van der Waals surface area contributed by atoms with Gasteiger partial charge in [0.05, 0.1) is 11.6 Å². The number of benzene rings is 1. The molecule has 2 aliphatic heterocycles. The van der Waals surface area contributed by atoms with E-state index in [1.807, 2.05) is 19.2 Å². The lowest BCUT2D eigenvalue weighted by Crippen LogP contribution is -2.60. The molecule has 3 fully saturated rings. The molecule has 5 rings (SSSR count). The summed E-state index contributed by atoms with van der Waals surface area (Å²) in [6.45, 7) is 2.68. The molecular weight excluding hydrogens is 419 g/mol. The number of aryl methyl sites for hydroxylation is 1. The van der Waals surface area contributed by atoms with Crippen molar-refractivity contribution in [1.82, 2.24) is 26.1 Å². The van der Waals surface area contributed by atoms with Crippen molar-refractivity contribution in [3.63, 3.8) is 0 Å². The summed E-state index contributed by atoms with van der Waals surface area (Å²) in [5.41, 5.74) is 8.78. The van der Waals surface area contributed by atoms with Gasteiger partial charge in [0, 0.05) is 37.1 Å². The first-order valence-corrected chi connectivity index (χ1v) is 10.9. The third-order valence-electron chi connectivity index (χ3n) is 6.98. The summed E-state index contributed by atoms with van der Waals surface area (Å²) < 4.78 is 39.2. The zero-order valence-electron chi connectivity index (χ0n) is 17.7. The first-order valence-electron chi connectivity index (χ1n) is 10.9. The van der Waals surface area contributed by atoms with Crippen LogP contribution >= 0.6 is 0 Å². The number of pyridine rings is 1. The molecule has 9 heteroatoms. The number of hydrogen-bond acceptors (Lipinski definition) is 4. The minimum atomic E-state index is -4.40. The van der Waals surface area contributed by atoms with Crippen LogP contribution in [-0.2, 0) is 12.7 Å². The molecule has 1 aromatic carbocycles. The normalized spacial score (nSPS) is 29.9. The first kappa shape index (κ1) is 21.2. The van der Waals surface area contributed by atoms with Crippen LogP contribution in [0.1, 0.15) is 41.3 Å². The fraction of sp³-hybridized carbons (Fsp3) is 0.478. The molecule has 5 atom stereocenters. The second-order valence-corrected chi connectivity index (χ2v) is 9.13. The number of carbonyl (C=O) groups excluding carboxylic acids is 1. The Labute approximate surface area is 184 Å². The Morgan fingerprint density at radius 2 is 1.97 bits per heavy atom. The predicted molar refractivity (Wildman–Crippen MR) is 112 cm³/mol. The third-order valence-corrected chi connectivity index (χ3v) is 6.98. The molecule has 2 aromatic rings. The zero-order valence-corrected chi connectivity index (χ0v) is 17.7. The van der Waals surface area contributed by atoms with Gasteiger partial charge in [-0.05, 0) is 67.0 Å². The number of halogens is 3. The minimum Gasteiger partial charge on any atom is -0.335 e. The largest absolute Gasteiger partial charge is 0.416 e. The molecule has 0 radical (unpaired) electrons. The Morgan fingerprint density at radius 1 is 1.12 bits per heavy atom. The molecule has 3 aliphatic rings. The summed E-state index contributed by atoms with van der Waals surface area (Å²) >= 11 is 0. The van der Waals surface area contributed by atoms with E-state index >= 15 is 0 Å². The maximum absolute atomic E-state index is 13.1. The Morgan fingerprint density at radius 3 is 2.75 bits per heavy atom. The van der Waals surface area contributed by atoms with Gasteiger partial charge in [0.2, 0.25) is 0 Å². The second-order valence-electron chi connectivity index (χ2n) is 9.13. The molecular formula is C23H26F3N5O. The topological polar surface area (TPSA) is 69.3 Å². The van der Waals surface area contributed by atoms with Crippen LogP contribution in [0.2, 0.25) is 0 Å². The van der Waals surface area contributed by atoms with Gasteiger partial charge in [-0.25, -0.2) is 10.2 Å². The number of carbonyl (C=O) groups is 1. The maximum atomic E-state index is 13.1. The van der Waals surface area contributed by atoms with E-state index in [0.717, 1.165) is 30.7 Å². The summed E-state index contributed by atoms with van der Waals surface area (Å²) in [7, 11) is 0. The number of urea groups is 1. The number of hydrazine groups is 1. The lowest BCUT2D eigenvalue weighted by molar-refractivity contribution is -0.137. The molecule has 0 spiro atoms. The van der Waals surface area contributed by atoms with E-state index in [1.165, 1.54) is 11.6 Å². The van der Waals surface area contributed by atoms with Gasteiger partial charge in [-0.1, -0.05) is 12.1 Å². The van der Waals surface area contributed by atoms with E-state index < -0.39 is 11.7 Å². The first-order chi connectivity index (χ1) is 15.3. The summed E-state index contributed by atoms with van der Waals surface area (Å²) in [6, 6.07) is 9.61. The van der Waals surface area contributed by atoms with Gasteiger partial charge < -0.3 is 10.2 Å². The van der Waals surface area contributed by atoms with Crippen molar-refractivity contribution in [2.45, 2.75) is 50.6 Å². The van der Waals surface area contributed by atoms with Crippen molar-refractivity contribution in [2.75, 3.05) is 6.54 Å². The van der Waals surface area contributed by atoms with Gasteiger partial charge >= 0.3 is 12.2 Å². The standard InChI is InChI=1S/C23H26F3N5O/c1-13-7-15(5-6-27-13)21-18-9-16-12-31(22(32)28-19(16)10-20(18)29-30-21)11-14-3-2-4-17(8-14)23(24,25)26/h2-8,16,18-21,29-30H,9-12H2,1H3,(H,28,32).